The topological polar surface area (TPSA) is 126 Å². The van der Waals surface area contributed by atoms with Gasteiger partial charge < -0.3 is 15.9 Å². The maximum absolute atomic E-state index is 12.2. The zero-order chi connectivity index (χ0) is 13.8. The molecular formula is C12H15N5O3. The van der Waals surface area contributed by atoms with Crippen LogP contribution in [0, 0.1) is 0 Å². The minimum absolute atomic E-state index is 0. The Balaban J connectivity index is 0.00000200. The molecule has 2 aromatic rings. The number of ether oxygens (including phenoxy) is 1. The summed E-state index contributed by atoms with van der Waals surface area (Å²) in [7, 11) is 2.97. The number of benzene rings is 1. The fourth-order valence-corrected chi connectivity index (χ4v) is 1.47. The smallest absolute Gasteiger partial charge is 0.322 e. The van der Waals surface area contributed by atoms with Crippen molar-refractivity contribution in [2.24, 2.45) is 0 Å². The molecule has 0 saturated heterocycles. The number of aromatic nitrogens is 3. The van der Waals surface area contributed by atoms with Gasteiger partial charge in [-0.15, -0.1) is 0 Å². The van der Waals surface area contributed by atoms with E-state index in [1.165, 1.54) is 12.0 Å². The number of carbonyl (C=O) groups excluding carboxylic acids is 1. The maximum atomic E-state index is 12.2. The third-order valence-corrected chi connectivity index (χ3v) is 2.43. The SMILES string of the molecule is COc1nc(N)nc(N(C)C(=O)c2ccccc2)n1.O. The summed E-state index contributed by atoms with van der Waals surface area (Å²) in [6.45, 7) is 0. The average molecular weight is 277 g/mol. The predicted octanol–water partition coefficient (Wildman–Crippen LogP) is -0.0857. The second-order valence-corrected chi connectivity index (χ2v) is 3.71. The number of hydrogen-bond donors (Lipinski definition) is 1. The number of rotatable bonds is 3. The fourth-order valence-electron chi connectivity index (χ4n) is 1.47. The molecule has 0 aliphatic carbocycles. The highest BCUT2D eigenvalue weighted by Gasteiger charge is 2.17. The molecule has 0 bridgehead atoms. The number of nitrogens with two attached hydrogens (primary N) is 1. The lowest BCUT2D eigenvalue weighted by Crippen LogP contribution is -2.28. The van der Waals surface area contributed by atoms with Gasteiger partial charge in [0, 0.05) is 12.6 Å². The highest BCUT2D eigenvalue weighted by Crippen LogP contribution is 2.14. The molecule has 0 spiro atoms. The van der Waals surface area contributed by atoms with Crippen molar-refractivity contribution < 1.29 is 15.0 Å². The van der Waals surface area contributed by atoms with Crippen LogP contribution in [0.3, 0.4) is 0 Å². The zero-order valence-electron chi connectivity index (χ0n) is 11.1. The maximum Gasteiger partial charge on any atom is 0.322 e. The number of amides is 1. The summed E-state index contributed by atoms with van der Waals surface area (Å²) in [4.78, 5) is 25.1. The second kappa shape index (κ2) is 6.43. The van der Waals surface area contributed by atoms with E-state index in [-0.39, 0.29) is 29.3 Å². The van der Waals surface area contributed by atoms with Crippen LogP contribution in [0.2, 0.25) is 0 Å². The van der Waals surface area contributed by atoms with E-state index >= 15 is 0 Å². The van der Waals surface area contributed by atoms with E-state index in [0.717, 1.165) is 0 Å². The Morgan fingerprint density at radius 2 is 1.85 bits per heavy atom. The number of nitrogens with zero attached hydrogens (tertiary/aromatic N) is 4. The molecular weight excluding hydrogens is 262 g/mol. The van der Waals surface area contributed by atoms with Crippen molar-refractivity contribution in [3.63, 3.8) is 0 Å². The highest BCUT2D eigenvalue weighted by atomic mass is 16.5. The van der Waals surface area contributed by atoms with Crippen molar-refractivity contribution in [3.05, 3.63) is 35.9 Å². The van der Waals surface area contributed by atoms with Gasteiger partial charge in [0.1, 0.15) is 0 Å². The largest absolute Gasteiger partial charge is 0.467 e. The first-order valence-electron chi connectivity index (χ1n) is 5.50. The van der Waals surface area contributed by atoms with Crippen LogP contribution in [0.5, 0.6) is 6.01 Å². The Morgan fingerprint density at radius 1 is 1.20 bits per heavy atom. The number of anilines is 2. The third-order valence-electron chi connectivity index (χ3n) is 2.43. The van der Waals surface area contributed by atoms with Crippen molar-refractivity contribution in [1.82, 2.24) is 15.0 Å². The van der Waals surface area contributed by atoms with Gasteiger partial charge in [-0.25, -0.2) is 0 Å². The van der Waals surface area contributed by atoms with Crippen molar-refractivity contribution in [1.29, 1.82) is 0 Å². The number of hydrogen-bond acceptors (Lipinski definition) is 6. The summed E-state index contributed by atoms with van der Waals surface area (Å²) >= 11 is 0. The van der Waals surface area contributed by atoms with Crippen LogP contribution in [0.1, 0.15) is 10.4 Å². The van der Waals surface area contributed by atoms with Crippen LogP contribution in [-0.2, 0) is 0 Å². The Morgan fingerprint density at radius 3 is 2.45 bits per heavy atom. The highest BCUT2D eigenvalue weighted by molar-refractivity contribution is 6.04. The first-order chi connectivity index (χ1) is 9.11. The molecule has 0 fully saturated rings. The molecule has 0 saturated carbocycles. The quantitative estimate of drug-likeness (QED) is 0.835. The lowest BCUT2D eigenvalue weighted by Gasteiger charge is -2.15. The monoisotopic (exact) mass is 277 g/mol. The van der Waals surface area contributed by atoms with Gasteiger partial charge in [0.15, 0.2) is 0 Å². The van der Waals surface area contributed by atoms with Crippen LogP contribution in [0.15, 0.2) is 30.3 Å². The minimum atomic E-state index is -0.242. The van der Waals surface area contributed by atoms with Gasteiger partial charge in [0.25, 0.3) is 5.91 Å². The van der Waals surface area contributed by atoms with Crippen molar-refractivity contribution in [2.75, 3.05) is 24.8 Å². The molecule has 1 heterocycles. The molecule has 1 aromatic carbocycles. The Hall–Kier alpha value is -2.74. The normalized spacial score (nSPS) is 9.50. The number of carbonyl (C=O) groups is 1. The van der Waals surface area contributed by atoms with Crippen molar-refractivity contribution in [2.45, 2.75) is 0 Å². The van der Waals surface area contributed by atoms with E-state index < -0.39 is 0 Å². The van der Waals surface area contributed by atoms with E-state index in [1.54, 1.807) is 31.3 Å². The third kappa shape index (κ3) is 3.18. The Bertz CT molecular complexity index is 591. The first kappa shape index (κ1) is 15.3. The van der Waals surface area contributed by atoms with Crippen LogP contribution in [-0.4, -0.2) is 40.5 Å². The minimum Gasteiger partial charge on any atom is -0.467 e. The molecule has 0 aliphatic rings. The average Bonchev–Trinajstić information content (AvgIpc) is 2.46. The van der Waals surface area contributed by atoms with Crippen LogP contribution in [0.4, 0.5) is 11.9 Å². The molecule has 1 aromatic heterocycles. The number of methoxy groups -OCH3 is 1. The lowest BCUT2D eigenvalue weighted by atomic mass is 10.2. The molecule has 1 amide bonds. The van der Waals surface area contributed by atoms with Crippen LogP contribution < -0.4 is 15.4 Å². The molecule has 4 N–H and O–H groups in total. The van der Waals surface area contributed by atoms with Gasteiger partial charge in [-0.05, 0) is 12.1 Å². The van der Waals surface area contributed by atoms with Gasteiger partial charge in [-0.3, -0.25) is 9.69 Å². The summed E-state index contributed by atoms with van der Waals surface area (Å²) in [6, 6.07) is 8.88. The fraction of sp³-hybridized carbons (Fsp3) is 0.167. The molecule has 106 valence electrons. The predicted molar refractivity (Wildman–Crippen MR) is 73.6 cm³/mol. The summed E-state index contributed by atoms with van der Waals surface area (Å²) in [6.07, 6.45) is 0. The van der Waals surface area contributed by atoms with Gasteiger partial charge in [0.05, 0.1) is 7.11 Å². The second-order valence-electron chi connectivity index (χ2n) is 3.71. The zero-order valence-corrected chi connectivity index (χ0v) is 11.1. The van der Waals surface area contributed by atoms with Gasteiger partial charge in [0.2, 0.25) is 11.9 Å². The van der Waals surface area contributed by atoms with Crippen molar-refractivity contribution in [3.8, 4) is 6.01 Å². The van der Waals surface area contributed by atoms with Gasteiger partial charge in [-0.2, -0.15) is 15.0 Å². The summed E-state index contributed by atoms with van der Waals surface area (Å²) in [5.74, 6) is -0.110. The van der Waals surface area contributed by atoms with E-state index in [4.69, 9.17) is 10.5 Å². The van der Waals surface area contributed by atoms with Crippen LogP contribution in [0.25, 0.3) is 0 Å². The van der Waals surface area contributed by atoms with Gasteiger partial charge >= 0.3 is 6.01 Å². The molecule has 0 unspecified atom stereocenters. The Kier molecular flexibility index (Phi) is 4.93. The standard InChI is InChI=1S/C12H13N5O2.H2O/c1-17(9(18)8-6-4-3-5-7-8)11-14-10(13)15-12(16-11)19-2;/h3-7H,1-2H3,(H2,13,14,15,16);1H2. The molecule has 20 heavy (non-hydrogen) atoms. The molecule has 8 nitrogen and oxygen atoms in total. The summed E-state index contributed by atoms with van der Waals surface area (Å²) in [5.41, 5.74) is 6.06. The van der Waals surface area contributed by atoms with E-state index in [2.05, 4.69) is 15.0 Å². The summed E-state index contributed by atoms with van der Waals surface area (Å²) < 4.78 is 4.89. The van der Waals surface area contributed by atoms with Gasteiger partial charge in [-0.1, -0.05) is 18.2 Å². The van der Waals surface area contributed by atoms with Crippen molar-refractivity contribution >= 4 is 17.8 Å². The molecule has 2 rings (SSSR count). The lowest BCUT2D eigenvalue weighted by molar-refractivity contribution is 0.0991. The molecule has 0 atom stereocenters. The molecule has 0 radical (unpaired) electrons. The Labute approximate surface area is 115 Å². The molecule has 0 aliphatic heterocycles. The number of nitrogen functional groups attached to an aromatic ring is 1. The molecule has 8 heteroatoms. The van der Waals surface area contributed by atoms with E-state index in [1.807, 2.05) is 6.07 Å². The first-order valence-corrected chi connectivity index (χ1v) is 5.50. The van der Waals surface area contributed by atoms with E-state index in [0.29, 0.717) is 5.56 Å². The van der Waals surface area contributed by atoms with Crippen LogP contribution >= 0.6 is 0 Å². The summed E-state index contributed by atoms with van der Waals surface area (Å²) in [5, 5.41) is 0. The van der Waals surface area contributed by atoms with E-state index in [9.17, 15) is 4.79 Å².